The van der Waals surface area contributed by atoms with E-state index in [2.05, 4.69) is 17.4 Å². The Labute approximate surface area is 153 Å². The minimum atomic E-state index is -0.478. The molecule has 3 aliphatic heterocycles. The molecule has 0 radical (unpaired) electrons. The molecule has 1 aliphatic carbocycles. The van der Waals surface area contributed by atoms with E-state index in [1.807, 2.05) is 35.0 Å². The molecule has 1 aromatic carbocycles. The summed E-state index contributed by atoms with van der Waals surface area (Å²) in [6.07, 6.45) is 0.540. The maximum absolute atomic E-state index is 13.0. The van der Waals surface area contributed by atoms with Crippen molar-refractivity contribution < 1.29 is 14.3 Å². The third kappa shape index (κ3) is 2.18. The highest BCUT2D eigenvalue weighted by Crippen LogP contribution is 2.50. The predicted molar refractivity (Wildman–Crippen MR) is 95.2 cm³/mol. The monoisotopic (exact) mass is 355 g/mol. The van der Waals surface area contributed by atoms with Crippen molar-refractivity contribution in [3.8, 4) is 0 Å². The molecule has 0 spiro atoms. The van der Waals surface area contributed by atoms with Crippen LogP contribution in [0, 0.1) is 17.8 Å². The Kier molecular flexibility index (Phi) is 3.62. The Morgan fingerprint density at radius 2 is 1.96 bits per heavy atom. The summed E-state index contributed by atoms with van der Waals surface area (Å²) < 4.78 is 6.00. The van der Waals surface area contributed by atoms with Crippen LogP contribution < -0.4 is 5.32 Å². The molecule has 2 amide bonds. The van der Waals surface area contributed by atoms with Crippen LogP contribution in [0.15, 0.2) is 30.3 Å². The highest BCUT2D eigenvalue weighted by molar-refractivity contribution is 5.83. The van der Waals surface area contributed by atoms with Crippen molar-refractivity contribution >= 4 is 11.8 Å². The number of carbonyl (C=O) groups excluding carboxylic acids is 2. The van der Waals surface area contributed by atoms with E-state index in [-0.39, 0.29) is 30.4 Å². The van der Waals surface area contributed by atoms with Crippen molar-refractivity contribution in [2.24, 2.45) is 17.8 Å². The fourth-order valence-corrected chi connectivity index (χ4v) is 5.42. The molecule has 3 saturated heterocycles. The molecule has 5 rings (SSSR count). The van der Waals surface area contributed by atoms with E-state index in [0.717, 1.165) is 25.1 Å². The van der Waals surface area contributed by atoms with Gasteiger partial charge in [-0.15, -0.1) is 0 Å². The third-order valence-corrected chi connectivity index (χ3v) is 7.02. The fraction of sp³-hybridized carbons (Fsp3) is 0.600. The van der Waals surface area contributed by atoms with Crippen LogP contribution >= 0.6 is 0 Å². The molecule has 1 saturated carbocycles. The van der Waals surface area contributed by atoms with Crippen molar-refractivity contribution in [1.82, 2.24) is 15.1 Å². The number of benzene rings is 1. The minimum Gasteiger partial charge on any atom is -0.364 e. The van der Waals surface area contributed by atoms with Crippen LogP contribution in [-0.4, -0.2) is 67.6 Å². The number of hydrogen-bond donors (Lipinski definition) is 1. The SMILES string of the molecule is CN1C(=O)CO[C@@H]2CN(C(=O)C3[C@H]4CNC[C@@H]34)CC[C@]21c1ccccc1. The summed E-state index contributed by atoms with van der Waals surface area (Å²) in [4.78, 5) is 29.2. The average Bonchev–Trinajstić information content (AvgIpc) is 3.16. The number of fused-ring (bicyclic) bond motifs is 2. The van der Waals surface area contributed by atoms with E-state index in [4.69, 9.17) is 4.74 Å². The lowest BCUT2D eigenvalue weighted by atomic mass is 9.76. The number of nitrogens with zero attached hydrogens (tertiary/aromatic N) is 2. The summed E-state index contributed by atoms with van der Waals surface area (Å²) in [5, 5.41) is 3.35. The maximum Gasteiger partial charge on any atom is 0.249 e. The third-order valence-electron chi connectivity index (χ3n) is 7.02. The molecule has 0 bridgehead atoms. The molecule has 3 heterocycles. The van der Waals surface area contributed by atoms with Crippen molar-refractivity contribution in [2.45, 2.75) is 18.1 Å². The van der Waals surface area contributed by atoms with Crippen molar-refractivity contribution in [2.75, 3.05) is 39.8 Å². The van der Waals surface area contributed by atoms with E-state index in [0.29, 0.717) is 24.9 Å². The van der Waals surface area contributed by atoms with Gasteiger partial charge in [-0.3, -0.25) is 9.59 Å². The summed E-state index contributed by atoms with van der Waals surface area (Å²) in [5.74, 6) is 1.54. The Morgan fingerprint density at radius 3 is 2.69 bits per heavy atom. The normalized spacial score (nSPS) is 38.7. The summed E-state index contributed by atoms with van der Waals surface area (Å²) in [6, 6.07) is 10.1. The van der Waals surface area contributed by atoms with Crippen LogP contribution in [0.3, 0.4) is 0 Å². The van der Waals surface area contributed by atoms with E-state index >= 15 is 0 Å². The van der Waals surface area contributed by atoms with E-state index in [9.17, 15) is 9.59 Å². The second-order valence-electron chi connectivity index (χ2n) is 8.09. The van der Waals surface area contributed by atoms with Crippen LogP contribution in [-0.2, 0) is 19.9 Å². The molecule has 4 fully saturated rings. The maximum atomic E-state index is 13.0. The number of likely N-dealkylation sites (tertiary alicyclic amines) is 1. The van der Waals surface area contributed by atoms with Crippen LogP contribution in [0.4, 0.5) is 0 Å². The first-order valence-corrected chi connectivity index (χ1v) is 9.56. The van der Waals surface area contributed by atoms with Crippen LogP contribution in [0.5, 0.6) is 0 Å². The van der Waals surface area contributed by atoms with Crippen molar-refractivity contribution in [3.05, 3.63) is 35.9 Å². The first kappa shape index (κ1) is 16.3. The molecular formula is C20H25N3O3. The molecule has 1 aromatic rings. The number of piperidine rings is 2. The Morgan fingerprint density at radius 1 is 1.23 bits per heavy atom. The molecule has 5 atom stereocenters. The zero-order valence-corrected chi connectivity index (χ0v) is 15.1. The van der Waals surface area contributed by atoms with Gasteiger partial charge in [-0.05, 0) is 36.9 Å². The number of carbonyl (C=O) groups is 2. The molecule has 1 N–H and O–H groups in total. The number of nitrogens with one attached hydrogen (secondary N) is 1. The zero-order chi connectivity index (χ0) is 17.9. The van der Waals surface area contributed by atoms with Gasteiger partial charge >= 0.3 is 0 Å². The number of hydrogen-bond acceptors (Lipinski definition) is 4. The smallest absolute Gasteiger partial charge is 0.249 e. The van der Waals surface area contributed by atoms with Gasteiger partial charge in [0, 0.05) is 26.1 Å². The van der Waals surface area contributed by atoms with Gasteiger partial charge in [-0.25, -0.2) is 0 Å². The average molecular weight is 355 g/mol. The first-order chi connectivity index (χ1) is 12.6. The molecule has 0 aromatic heterocycles. The second-order valence-corrected chi connectivity index (χ2v) is 8.09. The number of ether oxygens (including phenoxy) is 1. The van der Waals surface area contributed by atoms with Gasteiger partial charge in [-0.2, -0.15) is 0 Å². The lowest BCUT2D eigenvalue weighted by Gasteiger charge is -2.54. The van der Waals surface area contributed by atoms with Gasteiger partial charge in [0.15, 0.2) is 0 Å². The summed E-state index contributed by atoms with van der Waals surface area (Å²) in [7, 11) is 1.87. The number of morpholine rings is 1. The summed E-state index contributed by atoms with van der Waals surface area (Å²) in [5.41, 5.74) is 0.620. The topological polar surface area (TPSA) is 61.9 Å². The van der Waals surface area contributed by atoms with E-state index in [1.54, 1.807) is 0 Å². The highest BCUT2D eigenvalue weighted by atomic mass is 16.5. The molecule has 6 nitrogen and oxygen atoms in total. The van der Waals surface area contributed by atoms with Gasteiger partial charge < -0.3 is 19.9 Å². The first-order valence-electron chi connectivity index (χ1n) is 9.56. The quantitative estimate of drug-likeness (QED) is 0.836. The number of likely N-dealkylation sites (N-methyl/N-ethyl adjacent to an activating group) is 1. The molecule has 26 heavy (non-hydrogen) atoms. The van der Waals surface area contributed by atoms with Gasteiger partial charge in [0.05, 0.1) is 5.54 Å². The van der Waals surface area contributed by atoms with Gasteiger partial charge in [0.1, 0.15) is 12.7 Å². The Bertz CT molecular complexity index is 729. The molecule has 138 valence electrons. The molecular weight excluding hydrogens is 330 g/mol. The molecule has 4 aliphatic rings. The second kappa shape index (κ2) is 5.79. The number of rotatable bonds is 2. The predicted octanol–water partition coefficient (Wildman–Crippen LogP) is 0.437. The van der Waals surface area contributed by atoms with Crippen molar-refractivity contribution in [1.29, 1.82) is 0 Å². The summed E-state index contributed by atoms with van der Waals surface area (Å²) >= 11 is 0. The van der Waals surface area contributed by atoms with Crippen LogP contribution in [0.25, 0.3) is 0 Å². The van der Waals surface area contributed by atoms with Gasteiger partial charge in [0.25, 0.3) is 0 Å². The van der Waals surface area contributed by atoms with E-state index < -0.39 is 5.54 Å². The Hall–Kier alpha value is -1.92. The van der Waals surface area contributed by atoms with Gasteiger partial charge in [0.2, 0.25) is 11.8 Å². The Balaban J connectivity index is 1.41. The largest absolute Gasteiger partial charge is 0.364 e. The lowest BCUT2D eigenvalue weighted by molar-refractivity contribution is -0.184. The molecule has 6 heteroatoms. The zero-order valence-electron chi connectivity index (χ0n) is 15.1. The lowest BCUT2D eigenvalue weighted by Crippen LogP contribution is -2.67. The van der Waals surface area contributed by atoms with E-state index in [1.165, 1.54) is 0 Å². The van der Waals surface area contributed by atoms with Gasteiger partial charge in [-0.1, -0.05) is 30.3 Å². The minimum absolute atomic E-state index is 0.00711. The standard InChI is InChI=1S/C20H25N3O3/c1-22-17(24)12-26-16-11-23(19(25)18-14-9-21-10-15(14)18)8-7-20(16,22)13-5-3-2-4-6-13/h2-6,14-16,18,21H,7-12H2,1H3/t14-,15+,16-,18?,20+/m1/s1. The fourth-order valence-electron chi connectivity index (χ4n) is 5.42. The van der Waals surface area contributed by atoms with Crippen LogP contribution in [0.1, 0.15) is 12.0 Å². The number of amides is 2. The summed E-state index contributed by atoms with van der Waals surface area (Å²) in [6.45, 7) is 3.28. The van der Waals surface area contributed by atoms with Crippen LogP contribution in [0.2, 0.25) is 0 Å². The van der Waals surface area contributed by atoms with Crippen molar-refractivity contribution in [3.63, 3.8) is 0 Å². The molecule has 1 unspecified atom stereocenters. The highest BCUT2D eigenvalue weighted by Gasteiger charge is 2.60.